The zero-order chi connectivity index (χ0) is 16.2. The fraction of sp³-hybridized carbons (Fsp3) is 0.267. The summed E-state index contributed by atoms with van der Waals surface area (Å²) in [6.07, 6.45) is 1.70. The third-order valence-corrected chi connectivity index (χ3v) is 7.57. The molecular formula is C15H13ClN2O3S2. The number of thiophene rings is 1. The second-order valence-electron chi connectivity index (χ2n) is 5.66. The van der Waals surface area contributed by atoms with Crippen LogP contribution in [0, 0.1) is 0 Å². The van der Waals surface area contributed by atoms with E-state index in [1.807, 2.05) is 18.2 Å². The first-order chi connectivity index (χ1) is 10.9. The van der Waals surface area contributed by atoms with E-state index in [0.29, 0.717) is 15.5 Å². The molecule has 0 saturated heterocycles. The highest BCUT2D eigenvalue weighted by Gasteiger charge is 2.31. The highest BCUT2D eigenvalue weighted by atomic mass is 35.5. The monoisotopic (exact) mass is 368 g/mol. The molecule has 0 bridgehead atoms. The second kappa shape index (κ2) is 5.31. The van der Waals surface area contributed by atoms with E-state index >= 15 is 0 Å². The number of hydrogen-bond donors (Lipinski definition) is 2. The highest BCUT2D eigenvalue weighted by molar-refractivity contribution is 7.92. The Morgan fingerprint density at radius 1 is 1.30 bits per heavy atom. The Bertz CT molecular complexity index is 921. The maximum atomic E-state index is 12.5. The largest absolute Gasteiger partial charge is 0.345 e. The summed E-state index contributed by atoms with van der Waals surface area (Å²) >= 11 is 7.01. The summed E-state index contributed by atoms with van der Waals surface area (Å²) < 4.78 is 26.3. The second-order valence-corrected chi connectivity index (χ2v) is 9.11. The van der Waals surface area contributed by atoms with Crippen LogP contribution in [-0.4, -0.2) is 14.3 Å². The minimum atomic E-state index is -3.43. The third-order valence-electron chi connectivity index (χ3n) is 4.18. The van der Waals surface area contributed by atoms with Crippen molar-refractivity contribution in [3.63, 3.8) is 0 Å². The van der Waals surface area contributed by atoms with Crippen LogP contribution in [-0.2, 0) is 23.0 Å². The number of hydrogen-bond acceptors (Lipinski definition) is 4. The lowest BCUT2D eigenvalue weighted by molar-refractivity contribution is 0.0941. The van der Waals surface area contributed by atoms with Crippen LogP contribution in [0.2, 0.25) is 5.02 Å². The summed E-state index contributed by atoms with van der Waals surface area (Å²) in [5.41, 5.74) is 2.91. The van der Waals surface area contributed by atoms with Gasteiger partial charge in [0.05, 0.1) is 10.9 Å². The molecule has 2 aromatic rings. The summed E-state index contributed by atoms with van der Waals surface area (Å²) in [5.74, 6) is -0.229. The van der Waals surface area contributed by atoms with Crippen LogP contribution in [0.25, 0.3) is 0 Å². The maximum Gasteiger partial charge on any atom is 0.261 e. The standard InChI is InChI=1S/C15H13ClN2O3S2/c16-10-2-3-11-8(5-10)1-4-12(11)18-14(19)13-6-9-7-17-23(20,21)15(9)22-13/h2-3,5-6,12,17H,1,4,7H2,(H,18,19)/t12-/m1/s1. The van der Waals surface area contributed by atoms with Gasteiger partial charge in [-0.15, -0.1) is 11.3 Å². The molecule has 23 heavy (non-hydrogen) atoms. The molecule has 0 fully saturated rings. The lowest BCUT2D eigenvalue weighted by Gasteiger charge is -2.13. The number of carbonyl (C=O) groups is 1. The van der Waals surface area contributed by atoms with Crippen molar-refractivity contribution in [3.05, 3.63) is 50.9 Å². The summed E-state index contributed by atoms with van der Waals surface area (Å²) in [6.45, 7) is 0.256. The van der Waals surface area contributed by atoms with E-state index in [1.165, 1.54) is 0 Å². The van der Waals surface area contributed by atoms with Crippen LogP contribution >= 0.6 is 22.9 Å². The van der Waals surface area contributed by atoms with Gasteiger partial charge in [0.15, 0.2) is 0 Å². The van der Waals surface area contributed by atoms with Crippen molar-refractivity contribution in [2.75, 3.05) is 0 Å². The molecule has 1 aromatic heterocycles. The molecule has 1 aliphatic heterocycles. The number of fused-ring (bicyclic) bond motifs is 2. The van der Waals surface area contributed by atoms with Crippen molar-refractivity contribution in [2.24, 2.45) is 0 Å². The lowest BCUT2D eigenvalue weighted by Crippen LogP contribution is -2.26. The van der Waals surface area contributed by atoms with Gasteiger partial charge < -0.3 is 5.32 Å². The maximum absolute atomic E-state index is 12.5. The van der Waals surface area contributed by atoms with Crippen LogP contribution in [0.5, 0.6) is 0 Å². The Hall–Kier alpha value is -1.41. The first kappa shape index (κ1) is 15.1. The first-order valence-electron chi connectivity index (χ1n) is 7.15. The van der Waals surface area contributed by atoms with E-state index in [-0.39, 0.29) is 22.7 Å². The number of amides is 1. The topological polar surface area (TPSA) is 75.3 Å². The van der Waals surface area contributed by atoms with Gasteiger partial charge in [-0.3, -0.25) is 4.79 Å². The Morgan fingerprint density at radius 3 is 2.91 bits per heavy atom. The molecule has 120 valence electrons. The summed E-state index contributed by atoms with van der Waals surface area (Å²) in [5, 5.41) is 3.70. The number of halogens is 1. The van der Waals surface area contributed by atoms with Gasteiger partial charge in [0.2, 0.25) is 0 Å². The normalized spacial score (nSPS) is 21.0. The Labute approximate surface area is 142 Å². The van der Waals surface area contributed by atoms with Gasteiger partial charge in [0, 0.05) is 11.6 Å². The molecule has 1 amide bonds. The van der Waals surface area contributed by atoms with Gasteiger partial charge in [-0.2, -0.15) is 0 Å². The molecule has 0 radical (unpaired) electrons. The van der Waals surface area contributed by atoms with Gasteiger partial charge in [-0.05, 0) is 47.7 Å². The predicted octanol–water partition coefficient (Wildman–Crippen LogP) is 2.61. The van der Waals surface area contributed by atoms with E-state index in [9.17, 15) is 13.2 Å². The molecule has 2 N–H and O–H groups in total. The Kier molecular flexibility index (Phi) is 3.49. The minimum absolute atomic E-state index is 0.0542. The van der Waals surface area contributed by atoms with E-state index in [1.54, 1.807) is 6.07 Å². The quantitative estimate of drug-likeness (QED) is 0.855. The smallest absolute Gasteiger partial charge is 0.261 e. The van der Waals surface area contributed by atoms with Gasteiger partial charge in [0.1, 0.15) is 4.21 Å². The van der Waals surface area contributed by atoms with Crippen molar-refractivity contribution in [1.29, 1.82) is 0 Å². The average molecular weight is 369 g/mol. The molecule has 0 spiro atoms. The number of aryl methyl sites for hydroxylation is 1. The van der Waals surface area contributed by atoms with Gasteiger partial charge in [-0.1, -0.05) is 17.7 Å². The van der Waals surface area contributed by atoms with Crippen LogP contribution in [0.15, 0.2) is 28.5 Å². The van der Waals surface area contributed by atoms with Crippen molar-refractivity contribution in [2.45, 2.75) is 29.6 Å². The van der Waals surface area contributed by atoms with Gasteiger partial charge in [0.25, 0.3) is 15.9 Å². The number of rotatable bonds is 2. The zero-order valence-corrected chi connectivity index (χ0v) is 14.3. The van der Waals surface area contributed by atoms with Crippen molar-refractivity contribution in [3.8, 4) is 0 Å². The number of carbonyl (C=O) groups excluding carboxylic acids is 1. The van der Waals surface area contributed by atoms with E-state index < -0.39 is 10.0 Å². The molecule has 1 aromatic carbocycles. The number of sulfonamides is 1. The van der Waals surface area contributed by atoms with E-state index in [0.717, 1.165) is 35.3 Å². The van der Waals surface area contributed by atoms with Crippen LogP contribution in [0.1, 0.15) is 38.8 Å². The van der Waals surface area contributed by atoms with Gasteiger partial charge in [-0.25, -0.2) is 13.1 Å². The summed E-state index contributed by atoms with van der Waals surface area (Å²) in [7, 11) is -3.43. The van der Waals surface area contributed by atoms with Crippen molar-refractivity contribution in [1.82, 2.24) is 10.0 Å². The molecule has 0 unspecified atom stereocenters. The van der Waals surface area contributed by atoms with E-state index in [2.05, 4.69) is 10.0 Å². The fourth-order valence-corrected chi connectivity index (χ4v) is 5.93. The highest BCUT2D eigenvalue weighted by Crippen LogP contribution is 2.35. The van der Waals surface area contributed by atoms with Crippen molar-refractivity contribution >= 4 is 38.9 Å². The molecule has 5 nitrogen and oxygen atoms in total. The molecule has 2 aliphatic rings. The SMILES string of the molecule is O=C(N[C@@H]1CCc2cc(Cl)ccc21)c1cc2c(s1)S(=O)(=O)NC2. The Morgan fingerprint density at radius 2 is 2.13 bits per heavy atom. The Balaban J connectivity index is 1.57. The minimum Gasteiger partial charge on any atom is -0.345 e. The number of nitrogens with one attached hydrogen (secondary N) is 2. The molecular weight excluding hydrogens is 356 g/mol. The molecule has 4 rings (SSSR count). The van der Waals surface area contributed by atoms with E-state index in [4.69, 9.17) is 11.6 Å². The number of benzene rings is 1. The zero-order valence-electron chi connectivity index (χ0n) is 11.9. The van der Waals surface area contributed by atoms with Gasteiger partial charge >= 0.3 is 0 Å². The summed E-state index contributed by atoms with van der Waals surface area (Å²) in [4.78, 5) is 12.9. The molecule has 1 atom stereocenters. The predicted molar refractivity (Wildman–Crippen MR) is 88.3 cm³/mol. The summed E-state index contributed by atoms with van der Waals surface area (Å²) in [6, 6.07) is 7.30. The fourth-order valence-electron chi connectivity index (χ4n) is 3.08. The van der Waals surface area contributed by atoms with Crippen molar-refractivity contribution < 1.29 is 13.2 Å². The molecule has 8 heteroatoms. The lowest BCUT2D eigenvalue weighted by atomic mass is 10.1. The molecule has 2 heterocycles. The van der Waals surface area contributed by atoms with Crippen LogP contribution in [0.3, 0.4) is 0 Å². The third kappa shape index (κ3) is 2.57. The average Bonchev–Trinajstić information content (AvgIpc) is 3.15. The van der Waals surface area contributed by atoms with Crippen LogP contribution < -0.4 is 10.0 Å². The molecule has 0 saturated carbocycles. The first-order valence-corrected chi connectivity index (χ1v) is 9.83. The van der Waals surface area contributed by atoms with Crippen LogP contribution in [0.4, 0.5) is 0 Å². The molecule has 1 aliphatic carbocycles.